The molecule has 10 heteroatoms. The third-order valence-electron chi connectivity index (χ3n) is 5.04. The Labute approximate surface area is 172 Å². The van der Waals surface area contributed by atoms with Crippen molar-refractivity contribution in [3.05, 3.63) is 28.4 Å². The number of nitrogens with zero attached hydrogens (tertiary/aromatic N) is 4. The highest BCUT2D eigenvalue weighted by Crippen LogP contribution is 2.40. The van der Waals surface area contributed by atoms with Crippen LogP contribution in [-0.2, 0) is 11.3 Å². The first kappa shape index (κ1) is 19.6. The molecule has 0 aliphatic carbocycles. The zero-order chi connectivity index (χ0) is 20.5. The van der Waals surface area contributed by atoms with E-state index in [0.717, 1.165) is 47.5 Å². The number of primary amides is 1. The summed E-state index contributed by atoms with van der Waals surface area (Å²) in [7, 11) is 0. The Morgan fingerprint density at radius 1 is 1.41 bits per heavy atom. The average molecular weight is 417 g/mol. The number of aromatic nitrogens is 3. The molecule has 4 N–H and O–H groups in total. The van der Waals surface area contributed by atoms with Crippen LogP contribution in [-0.4, -0.2) is 40.7 Å². The van der Waals surface area contributed by atoms with Gasteiger partial charge in [0.05, 0.1) is 23.4 Å². The standard InChI is InChI=1S/C19H24N6O3S/c1-10-6-13(15-16(20)17(18(21)26)29-19(15)22-10)25-5-3-4-12(7-25)8-27-9-14-23-11(2)24-28-14/h6,12H,3-5,7-9,20H2,1-2H3,(H2,21,26)/t12-/m0/s1. The monoisotopic (exact) mass is 416 g/mol. The van der Waals surface area contributed by atoms with E-state index in [1.165, 1.54) is 11.3 Å². The van der Waals surface area contributed by atoms with Gasteiger partial charge in [0.15, 0.2) is 5.82 Å². The SMILES string of the molecule is Cc1cc(N2CCC[C@H](COCc3nc(C)no3)C2)c2c(N)c(C(N)=O)sc2n1. The molecule has 0 saturated carbocycles. The van der Waals surface area contributed by atoms with Gasteiger partial charge in [-0.15, -0.1) is 11.3 Å². The number of thiophene rings is 1. The predicted molar refractivity (Wildman–Crippen MR) is 111 cm³/mol. The summed E-state index contributed by atoms with van der Waals surface area (Å²) >= 11 is 1.25. The predicted octanol–water partition coefficient (Wildman–Crippen LogP) is 2.41. The number of amides is 1. The van der Waals surface area contributed by atoms with E-state index in [1.54, 1.807) is 6.92 Å². The van der Waals surface area contributed by atoms with Crippen LogP contribution in [0.4, 0.5) is 11.4 Å². The smallest absolute Gasteiger partial charge is 0.260 e. The molecule has 4 heterocycles. The van der Waals surface area contributed by atoms with Crippen LogP contribution in [0.25, 0.3) is 10.2 Å². The second-order valence-corrected chi connectivity index (χ2v) is 8.38. The third-order valence-corrected chi connectivity index (χ3v) is 6.15. The van der Waals surface area contributed by atoms with Gasteiger partial charge in [0.25, 0.3) is 11.8 Å². The molecule has 29 heavy (non-hydrogen) atoms. The number of piperidine rings is 1. The van der Waals surface area contributed by atoms with E-state index in [2.05, 4.69) is 20.0 Å². The minimum absolute atomic E-state index is 0.315. The second-order valence-electron chi connectivity index (χ2n) is 7.38. The number of rotatable bonds is 6. The molecule has 1 amide bonds. The van der Waals surface area contributed by atoms with E-state index in [4.69, 9.17) is 20.7 Å². The van der Waals surface area contributed by atoms with Gasteiger partial charge >= 0.3 is 0 Å². The summed E-state index contributed by atoms with van der Waals surface area (Å²) in [6.07, 6.45) is 2.13. The third kappa shape index (κ3) is 4.03. The van der Waals surface area contributed by atoms with Gasteiger partial charge in [0.2, 0.25) is 0 Å². The first-order chi connectivity index (χ1) is 13.9. The number of nitrogens with two attached hydrogens (primary N) is 2. The largest absolute Gasteiger partial charge is 0.397 e. The van der Waals surface area contributed by atoms with Crippen molar-refractivity contribution in [2.45, 2.75) is 33.3 Å². The van der Waals surface area contributed by atoms with Crippen molar-refractivity contribution < 1.29 is 14.1 Å². The summed E-state index contributed by atoms with van der Waals surface area (Å²) in [6.45, 7) is 6.40. The van der Waals surface area contributed by atoms with Crippen molar-refractivity contribution in [3.8, 4) is 0 Å². The van der Waals surface area contributed by atoms with Crippen molar-refractivity contribution in [3.63, 3.8) is 0 Å². The van der Waals surface area contributed by atoms with Gasteiger partial charge in [-0.3, -0.25) is 4.79 Å². The molecule has 154 valence electrons. The lowest BCUT2D eigenvalue weighted by Gasteiger charge is -2.34. The molecule has 0 aromatic carbocycles. The fraction of sp³-hybridized carbons (Fsp3) is 0.474. The van der Waals surface area contributed by atoms with Crippen molar-refractivity contribution in [2.24, 2.45) is 11.7 Å². The van der Waals surface area contributed by atoms with Crippen LogP contribution in [0.5, 0.6) is 0 Å². The lowest BCUT2D eigenvalue weighted by Crippen LogP contribution is -2.37. The number of ether oxygens (including phenoxy) is 1. The number of anilines is 2. The minimum Gasteiger partial charge on any atom is -0.397 e. The topological polar surface area (TPSA) is 133 Å². The van der Waals surface area contributed by atoms with E-state index >= 15 is 0 Å². The van der Waals surface area contributed by atoms with Crippen LogP contribution in [0.3, 0.4) is 0 Å². The maximum atomic E-state index is 11.7. The lowest BCUT2D eigenvalue weighted by molar-refractivity contribution is 0.0647. The van der Waals surface area contributed by atoms with Crippen molar-refractivity contribution >= 4 is 38.8 Å². The maximum absolute atomic E-state index is 11.7. The molecular weight excluding hydrogens is 392 g/mol. The molecule has 1 aliphatic rings. The number of carbonyl (C=O) groups excluding carboxylic acids is 1. The van der Waals surface area contributed by atoms with Crippen LogP contribution >= 0.6 is 11.3 Å². The highest BCUT2D eigenvalue weighted by atomic mass is 32.1. The molecule has 1 saturated heterocycles. The van der Waals surface area contributed by atoms with Gasteiger partial charge in [0.1, 0.15) is 16.3 Å². The Morgan fingerprint density at radius 2 is 2.24 bits per heavy atom. The molecule has 0 unspecified atom stereocenters. The van der Waals surface area contributed by atoms with Crippen LogP contribution in [0.2, 0.25) is 0 Å². The fourth-order valence-corrected chi connectivity index (χ4v) is 4.80. The molecule has 0 spiro atoms. The van der Waals surface area contributed by atoms with Gasteiger partial charge < -0.3 is 25.6 Å². The second kappa shape index (κ2) is 7.96. The minimum atomic E-state index is -0.518. The van der Waals surface area contributed by atoms with Crippen LogP contribution in [0.15, 0.2) is 10.6 Å². The molecule has 1 fully saturated rings. The van der Waals surface area contributed by atoms with E-state index < -0.39 is 5.91 Å². The summed E-state index contributed by atoms with van der Waals surface area (Å²) in [5, 5.41) is 4.59. The molecule has 3 aromatic rings. The highest BCUT2D eigenvalue weighted by Gasteiger charge is 2.25. The molecule has 0 bridgehead atoms. The van der Waals surface area contributed by atoms with Gasteiger partial charge in [-0.2, -0.15) is 4.98 Å². The molecule has 1 aliphatic heterocycles. The number of fused-ring (bicyclic) bond motifs is 1. The molecule has 4 rings (SSSR count). The van der Waals surface area contributed by atoms with Crippen LogP contribution in [0, 0.1) is 19.8 Å². The Morgan fingerprint density at radius 3 is 2.97 bits per heavy atom. The van der Waals surface area contributed by atoms with Crippen LogP contribution < -0.4 is 16.4 Å². The van der Waals surface area contributed by atoms with Gasteiger partial charge in [-0.25, -0.2) is 4.98 Å². The van der Waals surface area contributed by atoms with E-state index in [1.807, 2.05) is 13.0 Å². The number of hydrogen-bond donors (Lipinski definition) is 2. The van der Waals surface area contributed by atoms with Crippen molar-refractivity contribution in [2.75, 3.05) is 30.3 Å². The lowest BCUT2D eigenvalue weighted by atomic mass is 9.98. The van der Waals surface area contributed by atoms with Crippen LogP contribution in [0.1, 0.15) is 39.9 Å². The summed E-state index contributed by atoms with van der Waals surface area (Å²) in [6, 6.07) is 2.03. The molecule has 9 nitrogen and oxygen atoms in total. The summed E-state index contributed by atoms with van der Waals surface area (Å²) in [4.78, 5) is 23.9. The van der Waals surface area contributed by atoms with E-state index in [-0.39, 0.29) is 0 Å². The van der Waals surface area contributed by atoms with Gasteiger partial charge in [-0.1, -0.05) is 5.16 Å². The normalized spacial score (nSPS) is 17.2. The first-order valence-corrected chi connectivity index (χ1v) is 10.4. The van der Waals surface area contributed by atoms with Gasteiger partial charge in [-0.05, 0) is 38.7 Å². The quantitative estimate of drug-likeness (QED) is 0.626. The fourth-order valence-electron chi connectivity index (χ4n) is 3.78. The zero-order valence-corrected chi connectivity index (χ0v) is 17.3. The number of pyridine rings is 1. The Bertz CT molecular complexity index is 1050. The number of hydrogen-bond acceptors (Lipinski definition) is 9. The molecular formula is C19H24N6O3S. The van der Waals surface area contributed by atoms with E-state index in [0.29, 0.717) is 41.4 Å². The Hall–Kier alpha value is -2.72. The van der Waals surface area contributed by atoms with Crippen molar-refractivity contribution in [1.29, 1.82) is 0 Å². The Kier molecular flexibility index (Phi) is 5.37. The van der Waals surface area contributed by atoms with Gasteiger partial charge in [0, 0.05) is 18.8 Å². The summed E-state index contributed by atoms with van der Waals surface area (Å²) < 4.78 is 10.9. The zero-order valence-electron chi connectivity index (χ0n) is 16.5. The summed E-state index contributed by atoms with van der Waals surface area (Å²) in [5.74, 6) is 0.946. The first-order valence-electron chi connectivity index (χ1n) is 9.53. The molecule has 0 radical (unpaired) electrons. The average Bonchev–Trinajstić information content (AvgIpc) is 3.24. The Balaban J connectivity index is 1.51. The number of nitrogen functional groups attached to an aromatic ring is 1. The van der Waals surface area contributed by atoms with E-state index in [9.17, 15) is 4.79 Å². The number of aryl methyl sites for hydroxylation is 2. The molecule has 3 aromatic heterocycles. The highest BCUT2D eigenvalue weighted by molar-refractivity contribution is 7.21. The molecule has 1 atom stereocenters. The number of carbonyl (C=O) groups is 1. The summed E-state index contributed by atoms with van der Waals surface area (Å²) in [5.41, 5.74) is 14.1. The maximum Gasteiger partial charge on any atom is 0.260 e. The van der Waals surface area contributed by atoms with Crippen molar-refractivity contribution in [1.82, 2.24) is 15.1 Å².